The first-order valence-electron chi connectivity index (χ1n) is 5.54. The number of nitrogens with zero attached hydrogens (tertiary/aromatic N) is 1. The molecule has 0 saturated heterocycles. The Labute approximate surface area is 97.7 Å². The van der Waals surface area contributed by atoms with Crippen LogP contribution >= 0.6 is 0 Å². The van der Waals surface area contributed by atoms with E-state index in [1.807, 2.05) is 13.0 Å². The van der Waals surface area contributed by atoms with E-state index in [0.717, 1.165) is 31.4 Å². The van der Waals surface area contributed by atoms with Gasteiger partial charge in [-0.2, -0.15) is 0 Å². The molecule has 0 radical (unpaired) electrons. The highest BCUT2D eigenvalue weighted by atomic mass is 32.1. The summed E-state index contributed by atoms with van der Waals surface area (Å²) in [4.78, 5) is 4.35. The summed E-state index contributed by atoms with van der Waals surface area (Å²) in [5.74, 6) is 0. The minimum Gasteiger partial charge on any atom is -0.760 e. The second-order valence-corrected chi connectivity index (χ2v) is 4.45. The Kier molecular flexibility index (Phi) is 4.99. The van der Waals surface area contributed by atoms with Crippen LogP contribution < -0.4 is 5.73 Å². The molecule has 1 aromatic rings. The molecule has 3 heteroatoms. The topological polar surface area (TPSA) is 38.9 Å². The summed E-state index contributed by atoms with van der Waals surface area (Å²) in [6, 6.07) is 4.41. The maximum Gasteiger partial charge on any atom is 0.0388 e. The molecular weight excluding hydrogens is 204 g/mol. The summed E-state index contributed by atoms with van der Waals surface area (Å²) in [5, 5.41) is 0.713. The van der Waals surface area contributed by atoms with Gasteiger partial charge in [0.2, 0.25) is 0 Å². The van der Waals surface area contributed by atoms with Crippen molar-refractivity contribution in [3.63, 3.8) is 0 Å². The molecule has 0 saturated carbocycles. The molecule has 0 aliphatic rings. The Morgan fingerprint density at radius 1 is 1.47 bits per heavy atom. The zero-order valence-electron chi connectivity index (χ0n) is 9.49. The second-order valence-electron chi connectivity index (χ2n) is 4.03. The standard InChI is InChI=1S/C12H20N2S/c1-3-10-7-11(14-12(15)8-10)6-4-5-9(2)13/h7-9H,3-6,13H2,1-2H3,(H,14,15)/p-1/t9-/m0/s1. The van der Waals surface area contributed by atoms with Crippen molar-refractivity contribution in [3.05, 3.63) is 23.4 Å². The third-order valence-corrected chi connectivity index (χ3v) is 2.62. The van der Waals surface area contributed by atoms with Crippen molar-refractivity contribution >= 4 is 12.6 Å². The number of hydrogen-bond donors (Lipinski definition) is 1. The number of rotatable bonds is 5. The lowest BCUT2D eigenvalue weighted by atomic mass is 10.1. The number of hydrogen-bond acceptors (Lipinski definition) is 3. The molecule has 0 aliphatic carbocycles. The summed E-state index contributed by atoms with van der Waals surface area (Å²) < 4.78 is 0. The SMILES string of the molecule is CCc1cc([S-])nc(CCC[C@H](C)N)c1. The van der Waals surface area contributed by atoms with Gasteiger partial charge in [-0.25, -0.2) is 0 Å². The van der Waals surface area contributed by atoms with Gasteiger partial charge in [-0.1, -0.05) is 18.0 Å². The summed E-state index contributed by atoms with van der Waals surface area (Å²) in [7, 11) is 0. The fourth-order valence-corrected chi connectivity index (χ4v) is 1.83. The van der Waals surface area contributed by atoms with Crippen LogP contribution in [0.1, 0.15) is 37.9 Å². The highest BCUT2D eigenvalue weighted by Crippen LogP contribution is 2.10. The molecular formula is C12H19N2S-. The maximum absolute atomic E-state index is 5.70. The molecule has 1 atom stereocenters. The minimum atomic E-state index is 0.280. The molecule has 0 aliphatic heterocycles. The van der Waals surface area contributed by atoms with Crippen LogP contribution in [0, 0.1) is 0 Å². The van der Waals surface area contributed by atoms with Crippen LogP contribution in [0.5, 0.6) is 0 Å². The van der Waals surface area contributed by atoms with E-state index in [2.05, 4.69) is 18.0 Å². The van der Waals surface area contributed by atoms with E-state index in [-0.39, 0.29) is 6.04 Å². The summed E-state index contributed by atoms with van der Waals surface area (Å²) >= 11 is 5.12. The van der Waals surface area contributed by atoms with Crippen LogP contribution in [0.4, 0.5) is 0 Å². The lowest BCUT2D eigenvalue weighted by molar-refractivity contribution is 0.618. The van der Waals surface area contributed by atoms with Crippen LogP contribution in [0.25, 0.3) is 0 Å². The van der Waals surface area contributed by atoms with Gasteiger partial charge >= 0.3 is 0 Å². The third-order valence-electron chi connectivity index (χ3n) is 2.42. The molecule has 84 valence electrons. The molecule has 1 rings (SSSR count). The number of aryl methyl sites for hydroxylation is 2. The molecule has 2 N–H and O–H groups in total. The van der Waals surface area contributed by atoms with Crippen LogP contribution in [0.2, 0.25) is 0 Å². The fraction of sp³-hybridized carbons (Fsp3) is 0.583. The van der Waals surface area contributed by atoms with Gasteiger partial charge in [0.05, 0.1) is 0 Å². The second kappa shape index (κ2) is 6.03. The normalized spacial score (nSPS) is 12.7. The van der Waals surface area contributed by atoms with Crippen LogP contribution in [0.15, 0.2) is 17.2 Å². The smallest absolute Gasteiger partial charge is 0.0388 e. The van der Waals surface area contributed by atoms with E-state index < -0.39 is 0 Å². The van der Waals surface area contributed by atoms with Gasteiger partial charge < -0.3 is 18.4 Å². The minimum absolute atomic E-state index is 0.280. The first-order valence-corrected chi connectivity index (χ1v) is 5.95. The Hall–Kier alpha value is -0.670. The molecule has 0 bridgehead atoms. The molecule has 0 fully saturated rings. The van der Waals surface area contributed by atoms with Crippen molar-refractivity contribution in [1.29, 1.82) is 0 Å². The molecule has 0 unspecified atom stereocenters. The van der Waals surface area contributed by atoms with E-state index >= 15 is 0 Å². The van der Waals surface area contributed by atoms with Crippen molar-refractivity contribution in [2.24, 2.45) is 5.73 Å². The Morgan fingerprint density at radius 3 is 2.80 bits per heavy atom. The van der Waals surface area contributed by atoms with E-state index in [4.69, 9.17) is 18.4 Å². The summed E-state index contributed by atoms with van der Waals surface area (Å²) in [6.07, 6.45) is 4.14. The zero-order valence-corrected chi connectivity index (χ0v) is 10.3. The van der Waals surface area contributed by atoms with Crippen LogP contribution in [-0.4, -0.2) is 11.0 Å². The molecule has 15 heavy (non-hydrogen) atoms. The fourth-order valence-electron chi connectivity index (χ4n) is 1.56. The first kappa shape index (κ1) is 12.4. The lowest BCUT2D eigenvalue weighted by Crippen LogP contribution is -2.14. The van der Waals surface area contributed by atoms with Crippen LogP contribution in [-0.2, 0) is 25.5 Å². The van der Waals surface area contributed by atoms with Crippen molar-refractivity contribution in [3.8, 4) is 0 Å². The van der Waals surface area contributed by atoms with Crippen molar-refractivity contribution < 1.29 is 0 Å². The average Bonchev–Trinajstić information content (AvgIpc) is 2.16. The molecule has 0 spiro atoms. The quantitative estimate of drug-likeness (QED) is 0.778. The molecule has 0 aromatic carbocycles. The molecule has 2 nitrogen and oxygen atoms in total. The molecule has 1 heterocycles. The number of nitrogens with two attached hydrogens (primary N) is 1. The van der Waals surface area contributed by atoms with Crippen molar-refractivity contribution in [1.82, 2.24) is 4.98 Å². The largest absolute Gasteiger partial charge is 0.760 e. The highest BCUT2D eigenvalue weighted by molar-refractivity contribution is 7.58. The zero-order chi connectivity index (χ0) is 11.3. The summed E-state index contributed by atoms with van der Waals surface area (Å²) in [5.41, 5.74) is 8.10. The van der Waals surface area contributed by atoms with Crippen LogP contribution in [0.3, 0.4) is 0 Å². The van der Waals surface area contributed by atoms with E-state index in [1.165, 1.54) is 5.56 Å². The predicted octanol–water partition coefficient (Wildman–Crippen LogP) is 2.22. The van der Waals surface area contributed by atoms with Gasteiger partial charge in [0.15, 0.2) is 0 Å². The lowest BCUT2D eigenvalue weighted by Gasteiger charge is -2.11. The number of aromatic nitrogens is 1. The number of pyridine rings is 1. The van der Waals surface area contributed by atoms with Crippen molar-refractivity contribution in [2.45, 2.75) is 50.6 Å². The van der Waals surface area contributed by atoms with E-state index in [9.17, 15) is 0 Å². The Bertz CT molecular complexity index is 310. The first-order chi connectivity index (χ1) is 7.11. The average molecular weight is 223 g/mol. The van der Waals surface area contributed by atoms with E-state index in [0.29, 0.717) is 5.03 Å². The van der Waals surface area contributed by atoms with Gasteiger partial charge in [-0.05, 0) is 44.2 Å². The highest BCUT2D eigenvalue weighted by Gasteiger charge is 1.99. The van der Waals surface area contributed by atoms with Gasteiger partial charge in [0.25, 0.3) is 0 Å². The van der Waals surface area contributed by atoms with Crippen molar-refractivity contribution in [2.75, 3.05) is 0 Å². The molecule has 0 amide bonds. The monoisotopic (exact) mass is 223 g/mol. The maximum atomic E-state index is 5.70. The van der Waals surface area contributed by atoms with Gasteiger partial charge in [-0.3, -0.25) is 4.98 Å². The Balaban J connectivity index is 2.56. The van der Waals surface area contributed by atoms with Gasteiger partial charge in [0.1, 0.15) is 0 Å². The van der Waals surface area contributed by atoms with Gasteiger partial charge in [-0.15, -0.1) is 0 Å². The predicted molar refractivity (Wildman–Crippen MR) is 65.8 cm³/mol. The third kappa shape index (κ3) is 4.58. The van der Waals surface area contributed by atoms with E-state index in [1.54, 1.807) is 0 Å². The van der Waals surface area contributed by atoms with Gasteiger partial charge in [0, 0.05) is 11.7 Å². The Morgan fingerprint density at radius 2 is 2.20 bits per heavy atom. The molecule has 1 aromatic heterocycles. The summed E-state index contributed by atoms with van der Waals surface area (Å²) in [6.45, 7) is 4.17.